The fourth-order valence-electron chi connectivity index (χ4n) is 2.50. The monoisotopic (exact) mass is 339 g/mol. The molecule has 1 atom stereocenters. The number of amides is 1. The number of ether oxygens (including phenoxy) is 1. The van der Waals surface area contributed by atoms with E-state index in [1.54, 1.807) is 17.0 Å². The minimum atomic E-state index is -4.72. The van der Waals surface area contributed by atoms with Gasteiger partial charge >= 0.3 is 6.36 Å². The highest BCUT2D eigenvalue weighted by atomic mass is 32.1. The summed E-state index contributed by atoms with van der Waals surface area (Å²) in [5.41, 5.74) is 2.13. The molecule has 1 unspecified atom stereocenters. The summed E-state index contributed by atoms with van der Waals surface area (Å²) in [5.74, 6) is -0.434. The lowest BCUT2D eigenvalue weighted by Gasteiger charge is -2.21. The van der Waals surface area contributed by atoms with Gasteiger partial charge in [-0.1, -0.05) is 30.3 Å². The highest BCUT2D eigenvalue weighted by Gasteiger charge is 2.34. The molecular weight excluding hydrogens is 327 g/mol. The molecule has 1 aliphatic heterocycles. The summed E-state index contributed by atoms with van der Waals surface area (Å²) in [4.78, 5) is 13.9. The molecule has 2 aromatic carbocycles. The maximum absolute atomic E-state index is 12.4. The van der Waals surface area contributed by atoms with Crippen LogP contribution < -0.4 is 4.74 Å². The first-order valence-electron chi connectivity index (χ1n) is 6.78. The number of nitrogens with zero attached hydrogens (tertiary/aromatic N) is 1. The van der Waals surface area contributed by atoms with Gasteiger partial charge in [0.15, 0.2) is 0 Å². The van der Waals surface area contributed by atoms with Crippen LogP contribution in [-0.4, -0.2) is 17.2 Å². The predicted molar refractivity (Wildman–Crippen MR) is 81.2 cm³/mol. The zero-order valence-corrected chi connectivity index (χ0v) is 12.6. The standard InChI is InChI=1S/C16H12F3NO2S/c17-16(18,19)22-11-7-5-10(6-8-11)9-20-14(21)12-3-1-2-4-13(12)15(20)23/h1-8,15,23H,9H2. The summed E-state index contributed by atoms with van der Waals surface area (Å²) < 4.78 is 40.2. The van der Waals surface area contributed by atoms with Gasteiger partial charge < -0.3 is 9.64 Å². The van der Waals surface area contributed by atoms with Gasteiger partial charge in [0.05, 0.1) is 0 Å². The van der Waals surface area contributed by atoms with Crippen LogP contribution in [0, 0.1) is 0 Å². The molecule has 0 saturated heterocycles. The average molecular weight is 339 g/mol. The Labute approximate surface area is 136 Å². The van der Waals surface area contributed by atoms with E-state index < -0.39 is 6.36 Å². The predicted octanol–water partition coefficient (Wildman–Crippen LogP) is 4.17. The van der Waals surface area contributed by atoms with Crippen molar-refractivity contribution in [3.63, 3.8) is 0 Å². The van der Waals surface area contributed by atoms with Crippen LogP contribution in [0.15, 0.2) is 48.5 Å². The van der Waals surface area contributed by atoms with E-state index in [1.165, 1.54) is 24.3 Å². The van der Waals surface area contributed by atoms with Crippen LogP contribution in [0.5, 0.6) is 5.75 Å². The van der Waals surface area contributed by atoms with Crippen molar-refractivity contribution in [3.05, 3.63) is 65.2 Å². The maximum Gasteiger partial charge on any atom is 0.573 e. The highest BCUT2D eigenvalue weighted by molar-refractivity contribution is 7.80. The second kappa shape index (κ2) is 5.81. The molecule has 120 valence electrons. The number of thiol groups is 1. The van der Waals surface area contributed by atoms with Crippen LogP contribution in [0.4, 0.5) is 13.2 Å². The van der Waals surface area contributed by atoms with E-state index >= 15 is 0 Å². The Bertz CT molecular complexity index is 731. The molecule has 7 heteroatoms. The third-order valence-electron chi connectivity index (χ3n) is 3.54. The molecule has 0 spiro atoms. The summed E-state index contributed by atoms with van der Waals surface area (Å²) in [6.45, 7) is 0.258. The Balaban J connectivity index is 1.75. The SMILES string of the molecule is O=C1c2ccccc2C(S)N1Cc1ccc(OC(F)(F)F)cc1. The average Bonchev–Trinajstić information content (AvgIpc) is 2.73. The number of hydrogen-bond acceptors (Lipinski definition) is 3. The minimum absolute atomic E-state index is 0.142. The van der Waals surface area contributed by atoms with E-state index in [0.29, 0.717) is 11.1 Å². The number of fused-ring (bicyclic) bond motifs is 1. The first kappa shape index (κ1) is 15.7. The molecule has 0 fully saturated rings. The second-order valence-electron chi connectivity index (χ2n) is 5.09. The molecule has 0 N–H and O–H groups in total. The molecule has 3 nitrogen and oxygen atoms in total. The molecule has 0 bridgehead atoms. The molecule has 1 amide bonds. The summed E-state index contributed by atoms with van der Waals surface area (Å²) in [6, 6.07) is 12.6. The summed E-state index contributed by atoms with van der Waals surface area (Å²) in [7, 11) is 0. The fourth-order valence-corrected chi connectivity index (χ4v) is 2.91. The van der Waals surface area contributed by atoms with Gasteiger partial charge in [-0.05, 0) is 29.3 Å². The lowest BCUT2D eigenvalue weighted by Crippen LogP contribution is -2.25. The van der Waals surface area contributed by atoms with Crippen molar-refractivity contribution in [1.82, 2.24) is 4.90 Å². The molecule has 0 radical (unpaired) electrons. The number of benzene rings is 2. The van der Waals surface area contributed by atoms with Gasteiger partial charge in [-0.2, -0.15) is 0 Å². The fraction of sp³-hybridized carbons (Fsp3) is 0.188. The summed E-state index contributed by atoms with van der Waals surface area (Å²) in [5, 5.41) is -0.371. The zero-order valence-electron chi connectivity index (χ0n) is 11.7. The zero-order chi connectivity index (χ0) is 16.6. The molecular formula is C16H12F3NO2S. The number of halogens is 3. The molecule has 3 rings (SSSR count). The Kier molecular flexibility index (Phi) is 3.97. The van der Waals surface area contributed by atoms with E-state index in [1.807, 2.05) is 12.1 Å². The van der Waals surface area contributed by atoms with Crippen LogP contribution in [-0.2, 0) is 6.54 Å². The highest BCUT2D eigenvalue weighted by Crippen LogP contribution is 2.37. The second-order valence-corrected chi connectivity index (χ2v) is 5.57. The third-order valence-corrected chi connectivity index (χ3v) is 4.09. The third kappa shape index (κ3) is 3.29. The summed E-state index contributed by atoms with van der Waals surface area (Å²) in [6.07, 6.45) is -4.72. The molecule has 23 heavy (non-hydrogen) atoms. The normalized spacial score (nSPS) is 17.3. The van der Waals surface area contributed by atoms with E-state index in [4.69, 9.17) is 0 Å². The smallest absolute Gasteiger partial charge is 0.406 e. The van der Waals surface area contributed by atoms with Gasteiger partial charge in [-0.3, -0.25) is 4.79 Å². The van der Waals surface area contributed by atoms with Crippen molar-refractivity contribution >= 4 is 18.5 Å². The van der Waals surface area contributed by atoms with Crippen molar-refractivity contribution < 1.29 is 22.7 Å². The van der Waals surface area contributed by atoms with E-state index in [0.717, 1.165) is 5.56 Å². The van der Waals surface area contributed by atoms with Gasteiger partial charge in [0.25, 0.3) is 5.91 Å². The lowest BCUT2D eigenvalue weighted by atomic mass is 10.1. The Morgan fingerprint density at radius 3 is 2.35 bits per heavy atom. The van der Waals surface area contributed by atoms with Crippen LogP contribution in [0.25, 0.3) is 0 Å². The van der Waals surface area contributed by atoms with E-state index in [2.05, 4.69) is 17.4 Å². The first-order chi connectivity index (χ1) is 10.8. The molecule has 0 aromatic heterocycles. The van der Waals surface area contributed by atoms with Gasteiger partial charge in [0, 0.05) is 12.1 Å². The topological polar surface area (TPSA) is 29.5 Å². The van der Waals surface area contributed by atoms with Crippen molar-refractivity contribution in [2.24, 2.45) is 0 Å². The molecule has 1 aliphatic rings. The Hall–Kier alpha value is -2.15. The number of alkyl halides is 3. The first-order valence-corrected chi connectivity index (χ1v) is 7.29. The molecule has 0 aliphatic carbocycles. The van der Waals surface area contributed by atoms with Gasteiger partial charge in [0.2, 0.25) is 0 Å². The van der Waals surface area contributed by atoms with Crippen molar-refractivity contribution in [3.8, 4) is 5.75 Å². The van der Waals surface area contributed by atoms with Crippen LogP contribution >= 0.6 is 12.6 Å². The summed E-state index contributed by atoms with van der Waals surface area (Å²) >= 11 is 4.46. The lowest BCUT2D eigenvalue weighted by molar-refractivity contribution is -0.274. The van der Waals surface area contributed by atoms with Crippen LogP contribution in [0.3, 0.4) is 0 Å². The molecule has 0 saturated carbocycles. The largest absolute Gasteiger partial charge is 0.573 e. The van der Waals surface area contributed by atoms with Crippen molar-refractivity contribution in [2.45, 2.75) is 18.3 Å². The van der Waals surface area contributed by atoms with E-state index in [9.17, 15) is 18.0 Å². The molecule has 2 aromatic rings. The maximum atomic E-state index is 12.4. The number of carbonyl (C=O) groups is 1. The minimum Gasteiger partial charge on any atom is -0.406 e. The van der Waals surface area contributed by atoms with Gasteiger partial charge in [-0.25, -0.2) is 0 Å². The van der Waals surface area contributed by atoms with Gasteiger partial charge in [-0.15, -0.1) is 25.8 Å². The quantitative estimate of drug-likeness (QED) is 0.851. The number of rotatable bonds is 3. The molecule has 1 heterocycles. The van der Waals surface area contributed by atoms with Crippen LogP contribution in [0.2, 0.25) is 0 Å². The van der Waals surface area contributed by atoms with Crippen molar-refractivity contribution in [1.29, 1.82) is 0 Å². The van der Waals surface area contributed by atoms with Gasteiger partial charge in [0.1, 0.15) is 11.1 Å². The number of carbonyl (C=O) groups excluding carboxylic acids is 1. The Morgan fingerprint density at radius 1 is 1.09 bits per heavy atom. The number of hydrogen-bond donors (Lipinski definition) is 1. The van der Waals surface area contributed by atoms with Crippen molar-refractivity contribution in [2.75, 3.05) is 0 Å². The van der Waals surface area contributed by atoms with Crippen LogP contribution in [0.1, 0.15) is 26.9 Å². The Morgan fingerprint density at radius 2 is 1.74 bits per heavy atom. The van der Waals surface area contributed by atoms with E-state index in [-0.39, 0.29) is 23.6 Å².